The Morgan fingerprint density at radius 2 is 2.12 bits per heavy atom. The van der Waals surface area contributed by atoms with Crippen LogP contribution in [0, 0.1) is 6.92 Å². The number of aryl methyl sites for hydroxylation is 1. The van der Waals surface area contributed by atoms with Crippen LogP contribution in [0.25, 0.3) is 10.9 Å². The highest BCUT2D eigenvalue weighted by atomic mass is 16.4. The van der Waals surface area contributed by atoms with Gasteiger partial charge in [0.05, 0.1) is 23.0 Å². The SMILES string of the molecule is Cc1cc(C(C)O)c2nc(C3CCCN3C(=O)O)n(C)c(=O)c2c1. The second-order valence-electron chi connectivity index (χ2n) is 6.39. The summed E-state index contributed by atoms with van der Waals surface area (Å²) in [6, 6.07) is 3.13. The van der Waals surface area contributed by atoms with Gasteiger partial charge in [-0.2, -0.15) is 0 Å². The lowest BCUT2D eigenvalue weighted by Crippen LogP contribution is -2.34. The summed E-state index contributed by atoms with van der Waals surface area (Å²) in [5.41, 5.74) is 1.69. The summed E-state index contributed by atoms with van der Waals surface area (Å²) >= 11 is 0. The molecule has 1 amide bonds. The van der Waals surface area contributed by atoms with Crippen molar-refractivity contribution in [1.82, 2.24) is 14.5 Å². The molecule has 1 aromatic heterocycles. The topological polar surface area (TPSA) is 95.7 Å². The van der Waals surface area contributed by atoms with E-state index in [1.165, 1.54) is 9.47 Å². The molecule has 2 atom stereocenters. The van der Waals surface area contributed by atoms with E-state index in [9.17, 15) is 19.8 Å². The summed E-state index contributed by atoms with van der Waals surface area (Å²) in [6.07, 6.45) is -0.402. The molecule has 1 saturated heterocycles. The summed E-state index contributed by atoms with van der Waals surface area (Å²) in [5, 5.41) is 19.9. The highest BCUT2D eigenvalue weighted by Crippen LogP contribution is 2.32. The Hall–Kier alpha value is -2.41. The van der Waals surface area contributed by atoms with E-state index < -0.39 is 18.2 Å². The normalized spacial score (nSPS) is 19.0. The zero-order valence-electron chi connectivity index (χ0n) is 14.0. The van der Waals surface area contributed by atoms with Crippen LogP contribution < -0.4 is 5.56 Å². The molecule has 2 N–H and O–H groups in total. The van der Waals surface area contributed by atoms with Crippen molar-refractivity contribution >= 4 is 17.0 Å². The van der Waals surface area contributed by atoms with Gasteiger partial charge in [-0.25, -0.2) is 9.78 Å². The van der Waals surface area contributed by atoms with Crippen molar-refractivity contribution in [3.05, 3.63) is 39.4 Å². The van der Waals surface area contributed by atoms with Gasteiger partial charge in [-0.05, 0) is 38.3 Å². The van der Waals surface area contributed by atoms with Crippen LogP contribution in [0.3, 0.4) is 0 Å². The zero-order valence-corrected chi connectivity index (χ0v) is 14.0. The molecule has 3 rings (SSSR count). The molecule has 0 radical (unpaired) electrons. The van der Waals surface area contributed by atoms with Gasteiger partial charge in [-0.15, -0.1) is 0 Å². The van der Waals surface area contributed by atoms with Crippen LogP contribution in [0.2, 0.25) is 0 Å². The van der Waals surface area contributed by atoms with Crippen LogP contribution in [0.1, 0.15) is 48.9 Å². The van der Waals surface area contributed by atoms with E-state index in [-0.39, 0.29) is 5.56 Å². The van der Waals surface area contributed by atoms with Gasteiger partial charge in [-0.3, -0.25) is 14.3 Å². The summed E-state index contributed by atoms with van der Waals surface area (Å²) in [6.45, 7) is 3.93. The maximum Gasteiger partial charge on any atom is 0.407 e. The van der Waals surface area contributed by atoms with Gasteiger partial charge in [0, 0.05) is 19.2 Å². The fourth-order valence-electron chi connectivity index (χ4n) is 3.45. The molecule has 7 heteroatoms. The molecule has 0 spiro atoms. The second kappa shape index (κ2) is 5.90. The van der Waals surface area contributed by atoms with E-state index in [0.29, 0.717) is 35.3 Å². The number of amides is 1. The van der Waals surface area contributed by atoms with Crippen molar-refractivity contribution in [3.63, 3.8) is 0 Å². The number of fused-ring (bicyclic) bond motifs is 1. The number of aromatic nitrogens is 2. The van der Waals surface area contributed by atoms with Gasteiger partial charge in [0.1, 0.15) is 5.82 Å². The number of nitrogens with zero attached hydrogens (tertiary/aromatic N) is 3. The molecule has 0 saturated carbocycles. The Bertz CT molecular complexity index is 872. The second-order valence-corrected chi connectivity index (χ2v) is 6.39. The Balaban J connectivity index is 2.29. The van der Waals surface area contributed by atoms with Gasteiger partial charge in [0.25, 0.3) is 5.56 Å². The first-order valence-electron chi connectivity index (χ1n) is 8.00. The molecule has 1 aliphatic heterocycles. The largest absolute Gasteiger partial charge is 0.465 e. The predicted molar refractivity (Wildman–Crippen MR) is 89.1 cm³/mol. The third-order valence-electron chi connectivity index (χ3n) is 4.64. The standard InChI is InChI=1S/C17H21N3O4/c1-9-7-11(10(2)21)14-12(8-9)16(22)19(3)15(18-14)13-5-4-6-20(13)17(23)24/h7-8,10,13,21H,4-6H2,1-3H3,(H,23,24). The average Bonchev–Trinajstić information content (AvgIpc) is 3.00. The minimum absolute atomic E-state index is 0.224. The number of hydrogen-bond acceptors (Lipinski definition) is 4. The molecule has 0 bridgehead atoms. The molecule has 7 nitrogen and oxygen atoms in total. The summed E-state index contributed by atoms with van der Waals surface area (Å²) in [4.78, 5) is 30.2. The molecule has 0 aliphatic carbocycles. The molecule has 24 heavy (non-hydrogen) atoms. The molecule has 1 fully saturated rings. The van der Waals surface area contributed by atoms with Crippen molar-refractivity contribution in [1.29, 1.82) is 0 Å². The van der Waals surface area contributed by atoms with Crippen molar-refractivity contribution in [2.24, 2.45) is 7.05 Å². The number of aliphatic hydroxyl groups is 1. The van der Waals surface area contributed by atoms with Gasteiger partial charge < -0.3 is 10.2 Å². The van der Waals surface area contributed by atoms with Crippen LogP contribution in [0.4, 0.5) is 4.79 Å². The molecule has 2 heterocycles. The number of benzene rings is 1. The van der Waals surface area contributed by atoms with E-state index >= 15 is 0 Å². The average molecular weight is 331 g/mol. The van der Waals surface area contributed by atoms with Crippen LogP contribution in [0.15, 0.2) is 16.9 Å². The number of likely N-dealkylation sites (tertiary alicyclic amines) is 1. The minimum Gasteiger partial charge on any atom is -0.465 e. The van der Waals surface area contributed by atoms with Crippen molar-refractivity contribution in [2.45, 2.75) is 38.8 Å². The quantitative estimate of drug-likeness (QED) is 0.879. The van der Waals surface area contributed by atoms with Gasteiger partial charge >= 0.3 is 6.09 Å². The zero-order chi connectivity index (χ0) is 17.6. The predicted octanol–water partition coefficient (Wildman–Crippen LogP) is 2.11. The highest BCUT2D eigenvalue weighted by molar-refractivity contribution is 5.82. The smallest absolute Gasteiger partial charge is 0.407 e. The monoisotopic (exact) mass is 331 g/mol. The number of aliphatic hydroxyl groups excluding tert-OH is 1. The first-order valence-corrected chi connectivity index (χ1v) is 8.00. The first-order chi connectivity index (χ1) is 11.3. The Morgan fingerprint density at radius 1 is 1.42 bits per heavy atom. The van der Waals surface area contributed by atoms with E-state index in [1.54, 1.807) is 20.0 Å². The van der Waals surface area contributed by atoms with Crippen LogP contribution in [0.5, 0.6) is 0 Å². The number of carbonyl (C=O) groups is 1. The van der Waals surface area contributed by atoms with E-state index in [1.807, 2.05) is 13.0 Å². The molecule has 1 aromatic carbocycles. The highest BCUT2D eigenvalue weighted by Gasteiger charge is 2.33. The van der Waals surface area contributed by atoms with Crippen molar-refractivity contribution in [3.8, 4) is 0 Å². The third-order valence-corrected chi connectivity index (χ3v) is 4.64. The van der Waals surface area contributed by atoms with E-state index in [0.717, 1.165) is 12.0 Å². The number of hydrogen-bond donors (Lipinski definition) is 2. The Kier molecular flexibility index (Phi) is 4.04. The van der Waals surface area contributed by atoms with E-state index in [2.05, 4.69) is 4.98 Å². The lowest BCUT2D eigenvalue weighted by Gasteiger charge is -2.23. The van der Waals surface area contributed by atoms with Crippen LogP contribution in [-0.4, -0.2) is 37.3 Å². The summed E-state index contributed by atoms with van der Waals surface area (Å²) in [7, 11) is 1.62. The first kappa shape index (κ1) is 16.4. The molecular formula is C17H21N3O4. The number of rotatable bonds is 2. The molecule has 2 unspecified atom stereocenters. The fraction of sp³-hybridized carbons (Fsp3) is 0.471. The van der Waals surface area contributed by atoms with E-state index in [4.69, 9.17) is 0 Å². The van der Waals surface area contributed by atoms with Crippen molar-refractivity contribution in [2.75, 3.05) is 6.54 Å². The van der Waals surface area contributed by atoms with Gasteiger partial charge in [0.15, 0.2) is 0 Å². The van der Waals surface area contributed by atoms with Crippen LogP contribution >= 0.6 is 0 Å². The third kappa shape index (κ3) is 2.54. The Labute approximate surface area is 139 Å². The number of carboxylic acid groups (broad SMARTS) is 1. The van der Waals surface area contributed by atoms with Crippen LogP contribution in [-0.2, 0) is 7.05 Å². The fourth-order valence-corrected chi connectivity index (χ4v) is 3.45. The summed E-state index contributed by atoms with van der Waals surface area (Å²) < 4.78 is 1.43. The van der Waals surface area contributed by atoms with Gasteiger partial charge in [-0.1, -0.05) is 6.07 Å². The van der Waals surface area contributed by atoms with Crippen molar-refractivity contribution < 1.29 is 15.0 Å². The lowest BCUT2D eigenvalue weighted by molar-refractivity contribution is 0.137. The van der Waals surface area contributed by atoms with Gasteiger partial charge in [0.2, 0.25) is 0 Å². The molecule has 1 aliphatic rings. The molecule has 128 valence electrons. The molecule has 2 aromatic rings. The lowest BCUT2D eigenvalue weighted by atomic mass is 10.0. The minimum atomic E-state index is -1.01. The summed E-state index contributed by atoms with van der Waals surface area (Å²) in [5.74, 6) is 0.429. The molecular weight excluding hydrogens is 310 g/mol. The maximum absolute atomic E-state index is 12.8. The maximum atomic E-state index is 12.8. The Morgan fingerprint density at radius 3 is 2.75 bits per heavy atom.